The van der Waals surface area contributed by atoms with Crippen LogP contribution in [0, 0.1) is 0 Å². The van der Waals surface area contributed by atoms with Crippen LogP contribution in [-0.2, 0) is 4.79 Å². The molecule has 98 valence electrons. The fourth-order valence-electron chi connectivity index (χ4n) is 1.62. The molecule has 0 saturated heterocycles. The zero-order valence-electron chi connectivity index (χ0n) is 10.2. The highest BCUT2D eigenvalue weighted by molar-refractivity contribution is 5.98. The molecule has 0 fully saturated rings. The van der Waals surface area contributed by atoms with Crippen LogP contribution in [0.25, 0.3) is 10.9 Å². The molecule has 0 aliphatic rings. The van der Waals surface area contributed by atoms with E-state index in [-0.39, 0.29) is 0 Å². The molecule has 6 heteroatoms. The van der Waals surface area contributed by atoms with Gasteiger partial charge in [0, 0.05) is 11.6 Å². The molecule has 1 aromatic carbocycles. The molecule has 0 unspecified atom stereocenters. The summed E-state index contributed by atoms with van der Waals surface area (Å²) in [5.41, 5.74) is 1.04. The van der Waals surface area contributed by atoms with Crippen LogP contribution in [0.3, 0.4) is 0 Å². The molecule has 0 atom stereocenters. The van der Waals surface area contributed by atoms with E-state index in [4.69, 9.17) is 9.84 Å². The van der Waals surface area contributed by atoms with Gasteiger partial charge in [0.1, 0.15) is 12.3 Å². The third kappa shape index (κ3) is 2.98. The summed E-state index contributed by atoms with van der Waals surface area (Å²) >= 11 is 0. The maximum atomic E-state index is 11.7. The first-order chi connectivity index (χ1) is 9.10. The Morgan fingerprint density at radius 1 is 1.37 bits per heavy atom. The first-order valence-corrected chi connectivity index (χ1v) is 5.54. The van der Waals surface area contributed by atoms with E-state index in [1.165, 1.54) is 6.20 Å². The summed E-state index contributed by atoms with van der Waals surface area (Å²) in [5.74, 6) is -0.902. The standard InChI is InChI=1S/C13H12N2O4/c1-19-10-2-3-11-8(5-10)4-9(6-14-11)13(18)15-7-12(16)17/h2-6H,7H2,1H3,(H,15,18)(H,16,17). The molecule has 2 rings (SSSR count). The maximum absolute atomic E-state index is 11.7. The molecule has 19 heavy (non-hydrogen) atoms. The zero-order valence-corrected chi connectivity index (χ0v) is 10.2. The molecule has 1 aromatic heterocycles. The fraction of sp³-hybridized carbons (Fsp3) is 0.154. The Labute approximate surface area is 109 Å². The van der Waals surface area contributed by atoms with Gasteiger partial charge in [-0.1, -0.05) is 0 Å². The van der Waals surface area contributed by atoms with Gasteiger partial charge in [0.25, 0.3) is 5.91 Å². The van der Waals surface area contributed by atoms with Crippen LogP contribution in [0.4, 0.5) is 0 Å². The maximum Gasteiger partial charge on any atom is 0.322 e. The summed E-state index contributed by atoms with van der Waals surface area (Å²) in [4.78, 5) is 26.2. The third-order valence-electron chi connectivity index (χ3n) is 2.55. The zero-order chi connectivity index (χ0) is 13.8. The van der Waals surface area contributed by atoms with Crippen LogP contribution >= 0.6 is 0 Å². The van der Waals surface area contributed by atoms with Crippen molar-refractivity contribution in [2.75, 3.05) is 13.7 Å². The molecule has 0 aliphatic heterocycles. The van der Waals surface area contributed by atoms with Crippen molar-refractivity contribution >= 4 is 22.8 Å². The Bertz CT molecular complexity index is 640. The molecule has 2 N–H and O–H groups in total. The van der Waals surface area contributed by atoms with E-state index in [0.29, 0.717) is 11.3 Å². The van der Waals surface area contributed by atoms with Crippen molar-refractivity contribution < 1.29 is 19.4 Å². The Morgan fingerprint density at radius 3 is 2.84 bits per heavy atom. The second kappa shape index (κ2) is 5.34. The number of fused-ring (bicyclic) bond motifs is 1. The van der Waals surface area contributed by atoms with E-state index >= 15 is 0 Å². The number of pyridine rings is 1. The molecule has 0 aliphatic carbocycles. The molecular formula is C13H12N2O4. The number of aromatic nitrogens is 1. The Balaban J connectivity index is 2.29. The molecule has 2 aromatic rings. The molecular weight excluding hydrogens is 248 g/mol. The molecule has 1 amide bonds. The first kappa shape index (κ1) is 12.8. The number of benzene rings is 1. The minimum absolute atomic E-state index is 0.307. The van der Waals surface area contributed by atoms with E-state index in [1.807, 2.05) is 0 Å². The lowest BCUT2D eigenvalue weighted by molar-refractivity contribution is -0.135. The number of carbonyl (C=O) groups is 2. The highest BCUT2D eigenvalue weighted by Crippen LogP contribution is 2.19. The lowest BCUT2D eigenvalue weighted by Crippen LogP contribution is -2.29. The van der Waals surface area contributed by atoms with Gasteiger partial charge in [0.15, 0.2) is 0 Å². The second-order valence-electron chi connectivity index (χ2n) is 3.86. The molecule has 1 heterocycles. The van der Waals surface area contributed by atoms with Crippen molar-refractivity contribution in [1.82, 2.24) is 10.3 Å². The monoisotopic (exact) mass is 260 g/mol. The number of carboxylic acids is 1. The average Bonchev–Trinajstić information content (AvgIpc) is 2.43. The topological polar surface area (TPSA) is 88.5 Å². The number of nitrogens with one attached hydrogen (secondary N) is 1. The summed E-state index contributed by atoms with van der Waals surface area (Å²) in [7, 11) is 1.55. The van der Waals surface area contributed by atoms with Crippen LogP contribution in [0.5, 0.6) is 5.75 Å². The Kier molecular flexibility index (Phi) is 3.61. The summed E-state index contributed by atoms with van der Waals surface area (Å²) < 4.78 is 5.10. The summed E-state index contributed by atoms with van der Waals surface area (Å²) in [6, 6.07) is 6.96. The van der Waals surface area contributed by atoms with Crippen LogP contribution in [-0.4, -0.2) is 35.6 Å². The number of rotatable bonds is 4. The largest absolute Gasteiger partial charge is 0.497 e. The number of carbonyl (C=O) groups excluding carboxylic acids is 1. The van der Waals surface area contributed by atoms with E-state index in [9.17, 15) is 9.59 Å². The van der Waals surface area contributed by atoms with Gasteiger partial charge in [-0.15, -0.1) is 0 Å². The lowest BCUT2D eigenvalue weighted by atomic mass is 10.1. The van der Waals surface area contributed by atoms with Gasteiger partial charge in [-0.2, -0.15) is 0 Å². The number of amides is 1. The highest BCUT2D eigenvalue weighted by atomic mass is 16.5. The minimum Gasteiger partial charge on any atom is -0.497 e. The number of aliphatic carboxylic acids is 1. The molecule has 0 bridgehead atoms. The van der Waals surface area contributed by atoms with Crippen molar-refractivity contribution in [3.63, 3.8) is 0 Å². The van der Waals surface area contributed by atoms with Gasteiger partial charge >= 0.3 is 5.97 Å². The van der Waals surface area contributed by atoms with Crippen molar-refractivity contribution in [3.8, 4) is 5.75 Å². The van der Waals surface area contributed by atoms with E-state index in [2.05, 4.69) is 10.3 Å². The molecule has 6 nitrogen and oxygen atoms in total. The van der Waals surface area contributed by atoms with Gasteiger partial charge < -0.3 is 15.2 Å². The van der Waals surface area contributed by atoms with Gasteiger partial charge in [-0.3, -0.25) is 14.6 Å². The average molecular weight is 260 g/mol. The third-order valence-corrected chi connectivity index (χ3v) is 2.55. The van der Waals surface area contributed by atoms with Gasteiger partial charge in [0.2, 0.25) is 0 Å². The van der Waals surface area contributed by atoms with Gasteiger partial charge in [-0.25, -0.2) is 0 Å². The minimum atomic E-state index is -1.09. The van der Waals surface area contributed by atoms with Crippen LogP contribution in [0.2, 0.25) is 0 Å². The van der Waals surface area contributed by atoms with Crippen molar-refractivity contribution in [2.45, 2.75) is 0 Å². The van der Waals surface area contributed by atoms with Crippen molar-refractivity contribution in [2.24, 2.45) is 0 Å². The summed E-state index contributed by atoms with van der Waals surface area (Å²) in [6.45, 7) is -0.422. The van der Waals surface area contributed by atoms with Gasteiger partial charge in [-0.05, 0) is 24.3 Å². The first-order valence-electron chi connectivity index (χ1n) is 5.54. The number of hydrogen-bond donors (Lipinski definition) is 2. The fourth-order valence-corrected chi connectivity index (χ4v) is 1.62. The van der Waals surface area contributed by atoms with Crippen molar-refractivity contribution in [1.29, 1.82) is 0 Å². The SMILES string of the molecule is COc1ccc2ncc(C(=O)NCC(=O)O)cc2c1. The van der Waals surface area contributed by atoms with Crippen molar-refractivity contribution in [3.05, 3.63) is 36.0 Å². The number of methoxy groups -OCH3 is 1. The van der Waals surface area contributed by atoms with Crippen LogP contribution < -0.4 is 10.1 Å². The van der Waals surface area contributed by atoms with E-state index in [1.54, 1.807) is 31.4 Å². The highest BCUT2D eigenvalue weighted by Gasteiger charge is 2.09. The van der Waals surface area contributed by atoms with Crippen LogP contribution in [0.15, 0.2) is 30.5 Å². The molecule has 0 saturated carbocycles. The lowest BCUT2D eigenvalue weighted by Gasteiger charge is -2.05. The number of nitrogens with zero attached hydrogens (tertiary/aromatic N) is 1. The predicted molar refractivity (Wildman–Crippen MR) is 68.3 cm³/mol. The van der Waals surface area contributed by atoms with E-state index in [0.717, 1.165) is 10.9 Å². The normalized spacial score (nSPS) is 10.2. The number of carboxylic acid groups (broad SMARTS) is 1. The van der Waals surface area contributed by atoms with E-state index < -0.39 is 18.4 Å². The molecule has 0 spiro atoms. The smallest absolute Gasteiger partial charge is 0.322 e. The van der Waals surface area contributed by atoms with Gasteiger partial charge in [0.05, 0.1) is 18.2 Å². The van der Waals surface area contributed by atoms with Crippen LogP contribution in [0.1, 0.15) is 10.4 Å². The number of ether oxygens (including phenoxy) is 1. The second-order valence-corrected chi connectivity index (χ2v) is 3.86. The number of hydrogen-bond acceptors (Lipinski definition) is 4. The Morgan fingerprint density at radius 2 is 2.16 bits per heavy atom. The molecule has 0 radical (unpaired) electrons. The Hall–Kier alpha value is -2.63. The summed E-state index contributed by atoms with van der Waals surface area (Å²) in [5, 5.41) is 11.5. The quantitative estimate of drug-likeness (QED) is 0.858. The predicted octanol–water partition coefficient (Wildman–Crippen LogP) is 1.06. The summed E-state index contributed by atoms with van der Waals surface area (Å²) in [6.07, 6.45) is 1.41.